The van der Waals surface area contributed by atoms with E-state index in [-0.39, 0.29) is 11.8 Å². The summed E-state index contributed by atoms with van der Waals surface area (Å²) < 4.78 is 1.05. The Morgan fingerprint density at radius 1 is 1.00 bits per heavy atom. The summed E-state index contributed by atoms with van der Waals surface area (Å²) in [5.41, 5.74) is 0.968. The van der Waals surface area contributed by atoms with Gasteiger partial charge in [-0.2, -0.15) is 0 Å². The molecule has 0 spiro atoms. The molecule has 1 heterocycles. The van der Waals surface area contributed by atoms with E-state index in [2.05, 4.69) is 16.5 Å². The van der Waals surface area contributed by atoms with E-state index < -0.39 is 0 Å². The molecule has 1 aromatic rings. The SMILES string of the molecule is O=C1c2ccccc2C(=O)[N]1[Al]. The predicted octanol–water partition coefficient (Wildman–Crippen LogP) is 0.366. The summed E-state index contributed by atoms with van der Waals surface area (Å²) in [4.78, 5) is 22.6. The van der Waals surface area contributed by atoms with Crippen LogP contribution < -0.4 is 0 Å². The van der Waals surface area contributed by atoms with E-state index in [1.165, 1.54) is 0 Å². The van der Waals surface area contributed by atoms with Gasteiger partial charge in [-0.05, 0) is 12.1 Å². The zero-order valence-electron chi connectivity index (χ0n) is 6.15. The van der Waals surface area contributed by atoms with E-state index in [0.29, 0.717) is 11.1 Å². The molecule has 0 aliphatic carbocycles. The van der Waals surface area contributed by atoms with E-state index >= 15 is 0 Å². The molecule has 4 heteroatoms. The number of benzene rings is 1. The molecular formula is C8H4AlNO2. The summed E-state index contributed by atoms with van der Waals surface area (Å²) in [6.07, 6.45) is 0. The first kappa shape index (κ1) is 7.54. The molecule has 0 saturated carbocycles. The molecule has 0 atom stereocenters. The van der Waals surface area contributed by atoms with Gasteiger partial charge in [0.1, 0.15) is 0 Å². The number of imide groups is 1. The minimum absolute atomic E-state index is 0.249. The number of fused-ring (bicyclic) bond motifs is 1. The molecule has 0 unspecified atom stereocenters. The Bertz CT molecular complexity index is 340. The van der Waals surface area contributed by atoms with Crippen molar-refractivity contribution >= 4 is 28.3 Å². The summed E-state index contributed by atoms with van der Waals surface area (Å²) >= 11 is 2.11. The lowest BCUT2D eigenvalue weighted by Crippen LogP contribution is -2.26. The molecule has 56 valence electrons. The van der Waals surface area contributed by atoms with E-state index in [1.54, 1.807) is 24.3 Å². The molecule has 2 rings (SSSR count). The van der Waals surface area contributed by atoms with Gasteiger partial charge in [0.05, 0.1) is 11.1 Å². The molecule has 1 aliphatic heterocycles. The highest BCUT2D eigenvalue weighted by molar-refractivity contribution is 6.36. The standard InChI is InChI=1S/C8H5NO2.Al/c10-7-5-3-1-2-4-6(5)8(11)9-7;/h1-4H,(H,9,10,11);/q;+1/p-1. The van der Waals surface area contributed by atoms with Crippen LogP contribution in [0.2, 0.25) is 0 Å². The van der Waals surface area contributed by atoms with Gasteiger partial charge in [0.2, 0.25) is 11.8 Å². The zero-order chi connectivity index (χ0) is 8.72. The summed E-state index contributed by atoms with van der Waals surface area (Å²) in [7, 11) is 0. The largest absolute Gasteiger partial charge is 0.389 e. The van der Waals surface area contributed by atoms with Crippen LogP contribution in [0.4, 0.5) is 0 Å². The van der Waals surface area contributed by atoms with E-state index in [1.807, 2.05) is 0 Å². The molecular weight excluding hydrogens is 169 g/mol. The molecule has 0 N–H and O–H groups in total. The number of rotatable bonds is 0. The molecule has 3 nitrogen and oxygen atoms in total. The van der Waals surface area contributed by atoms with Crippen molar-refractivity contribution in [3.05, 3.63) is 35.4 Å². The number of nitrogens with zero attached hydrogens (tertiary/aromatic N) is 1. The quantitative estimate of drug-likeness (QED) is 0.419. The third kappa shape index (κ3) is 0.826. The summed E-state index contributed by atoms with van der Waals surface area (Å²) in [5.74, 6) is -0.499. The van der Waals surface area contributed by atoms with Crippen LogP contribution in [-0.2, 0) is 0 Å². The second kappa shape index (κ2) is 2.44. The Labute approximate surface area is 77.6 Å². The van der Waals surface area contributed by atoms with Crippen molar-refractivity contribution < 1.29 is 9.59 Å². The van der Waals surface area contributed by atoms with Crippen molar-refractivity contribution in [2.24, 2.45) is 0 Å². The number of amides is 2. The predicted molar refractivity (Wildman–Crippen MR) is 42.7 cm³/mol. The molecule has 12 heavy (non-hydrogen) atoms. The van der Waals surface area contributed by atoms with E-state index in [4.69, 9.17) is 0 Å². The first-order chi connectivity index (χ1) is 5.72. The minimum Gasteiger partial charge on any atom is -0.389 e. The average Bonchev–Trinajstić information content (AvgIpc) is 2.33. The summed E-state index contributed by atoms with van der Waals surface area (Å²) in [6, 6.07) is 6.79. The van der Waals surface area contributed by atoms with Gasteiger partial charge in [-0.3, -0.25) is 9.59 Å². The van der Waals surface area contributed by atoms with Crippen molar-refractivity contribution in [3.63, 3.8) is 0 Å². The van der Waals surface area contributed by atoms with Gasteiger partial charge >= 0.3 is 16.5 Å². The highest BCUT2D eigenvalue weighted by Crippen LogP contribution is 2.19. The van der Waals surface area contributed by atoms with Crippen LogP contribution in [-0.4, -0.2) is 32.2 Å². The maximum atomic E-state index is 11.3. The lowest BCUT2D eigenvalue weighted by molar-refractivity contribution is 0.0766. The van der Waals surface area contributed by atoms with Crippen LogP contribution in [0.25, 0.3) is 0 Å². The lowest BCUT2D eigenvalue weighted by atomic mass is 10.1. The second-order valence-corrected chi connectivity index (χ2v) is 3.04. The van der Waals surface area contributed by atoms with Gasteiger partial charge in [-0.1, -0.05) is 12.1 Å². The first-order valence-electron chi connectivity index (χ1n) is 3.44. The van der Waals surface area contributed by atoms with Gasteiger partial charge in [0.25, 0.3) is 0 Å². The topological polar surface area (TPSA) is 37.4 Å². The Morgan fingerprint density at radius 3 is 1.83 bits per heavy atom. The third-order valence-corrected chi connectivity index (χ3v) is 2.29. The summed E-state index contributed by atoms with van der Waals surface area (Å²) in [5, 5.41) is 0. The van der Waals surface area contributed by atoms with Gasteiger partial charge in [-0.15, -0.1) is 0 Å². The molecule has 2 radical (unpaired) electrons. The van der Waals surface area contributed by atoms with Gasteiger partial charge < -0.3 is 3.88 Å². The average molecular weight is 173 g/mol. The lowest BCUT2D eigenvalue weighted by Gasteiger charge is -2.05. The van der Waals surface area contributed by atoms with Crippen molar-refractivity contribution in [1.82, 2.24) is 3.88 Å². The number of hydrogen-bond donors (Lipinski definition) is 0. The van der Waals surface area contributed by atoms with Gasteiger partial charge in [-0.25, -0.2) is 0 Å². The molecule has 0 fully saturated rings. The fraction of sp³-hybridized carbons (Fsp3) is 0. The van der Waals surface area contributed by atoms with Crippen molar-refractivity contribution in [3.8, 4) is 0 Å². The Balaban J connectivity index is 2.67. The monoisotopic (exact) mass is 173 g/mol. The summed E-state index contributed by atoms with van der Waals surface area (Å²) in [6.45, 7) is 0. The molecule has 0 saturated heterocycles. The molecule has 1 aliphatic rings. The fourth-order valence-corrected chi connectivity index (χ4v) is 1.49. The highest BCUT2D eigenvalue weighted by atomic mass is 27.1. The maximum absolute atomic E-state index is 11.3. The van der Waals surface area contributed by atoms with E-state index in [0.717, 1.165) is 3.88 Å². The first-order valence-corrected chi connectivity index (χ1v) is 3.96. The minimum atomic E-state index is -0.249. The fourth-order valence-electron chi connectivity index (χ4n) is 1.21. The van der Waals surface area contributed by atoms with Crippen molar-refractivity contribution in [2.45, 2.75) is 0 Å². The molecule has 0 bridgehead atoms. The van der Waals surface area contributed by atoms with Crippen LogP contribution in [0.5, 0.6) is 0 Å². The van der Waals surface area contributed by atoms with Crippen LogP contribution in [0.1, 0.15) is 20.7 Å². The van der Waals surface area contributed by atoms with Gasteiger partial charge in [0.15, 0.2) is 0 Å². The molecule has 0 aromatic heterocycles. The normalized spacial score (nSPS) is 15.2. The van der Waals surface area contributed by atoms with Crippen molar-refractivity contribution in [2.75, 3.05) is 0 Å². The second-order valence-electron chi connectivity index (χ2n) is 2.53. The number of carbonyl (C=O) groups is 2. The Kier molecular flexibility index (Phi) is 1.53. The Morgan fingerprint density at radius 2 is 1.42 bits per heavy atom. The maximum Gasteiger partial charge on any atom is 0.328 e. The third-order valence-electron chi connectivity index (χ3n) is 1.83. The van der Waals surface area contributed by atoms with Crippen molar-refractivity contribution in [1.29, 1.82) is 0 Å². The smallest absolute Gasteiger partial charge is 0.328 e. The number of hydrogen-bond acceptors (Lipinski definition) is 2. The molecule has 2 amide bonds. The molecule has 1 aromatic carbocycles. The van der Waals surface area contributed by atoms with Gasteiger partial charge in [0, 0.05) is 0 Å². The van der Waals surface area contributed by atoms with Crippen LogP contribution in [0.3, 0.4) is 0 Å². The van der Waals surface area contributed by atoms with Crippen LogP contribution >= 0.6 is 0 Å². The zero-order valence-corrected chi connectivity index (χ0v) is 7.31. The Hall–Kier alpha value is -1.11. The number of carbonyl (C=O) groups excluding carboxylic acids is 2. The van der Waals surface area contributed by atoms with Crippen LogP contribution in [0.15, 0.2) is 24.3 Å². The highest BCUT2D eigenvalue weighted by Gasteiger charge is 2.29. The van der Waals surface area contributed by atoms with Crippen LogP contribution in [0, 0.1) is 0 Å². The van der Waals surface area contributed by atoms with E-state index in [9.17, 15) is 9.59 Å².